The van der Waals surface area contributed by atoms with Crippen molar-refractivity contribution < 1.29 is 14.3 Å². The van der Waals surface area contributed by atoms with Gasteiger partial charge in [-0.2, -0.15) is 5.10 Å². The van der Waals surface area contributed by atoms with Crippen LogP contribution in [0.25, 0.3) is 0 Å². The molecule has 0 atom stereocenters. The summed E-state index contributed by atoms with van der Waals surface area (Å²) in [5.74, 6) is -0.662. The van der Waals surface area contributed by atoms with E-state index in [1.807, 2.05) is 20.9 Å². The van der Waals surface area contributed by atoms with Gasteiger partial charge in [-0.1, -0.05) is 11.6 Å². The number of nitrogens with one attached hydrogen (secondary N) is 1. The van der Waals surface area contributed by atoms with E-state index in [1.165, 1.54) is 13.2 Å². The van der Waals surface area contributed by atoms with Crippen LogP contribution in [0.2, 0.25) is 5.02 Å². The van der Waals surface area contributed by atoms with E-state index in [9.17, 15) is 9.59 Å². The van der Waals surface area contributed by atoms with E-state index in [4.69, 9.17) is 11.6 Å². The zero-order valence-electron chi connectivity index (χ0n) is 14.1. The third-order valence-corrected chi connectivity index (χ3v) is 4.25. The Morgan fingerprint density at radius 2 is 2.04 bits per heavy atom. The number of ether oxygens (including phenoxy) is 1. The molecule has 0 aliphatic carbocycles. The van der Waals surface area contributed by atoms with Crippen molar-refractivity contribution in [3.63, 3.8) is 0 Å². The van der Waals surface area contributed by atoms with Gasteiger partial charge in [0.1, 0.15) is 0 Å². The number of halogens is 1. The largest absolute Gasteiger partial charge is 0.465 e. The molecule has 0 saturated carbocycles. The Bertz CT molecular complexity index is 784. The van der Waals surface area contributed by atoms with Crippen molar-refractivity contribution in [2.24, 2.45) is 7.05 Å². The Hall–Kier alpha value is -2.34. The maximum atomic E-state index is 12.2. The van der Waals surface area contributed by atoms with Crippen molar-refractivity contribution in [2.75, 3.05) is 12.4 Å². The second-order valence-electron chi connectivity index (χ2n) is 5.51. The van der Waals surface area contributed by atoms with Crippen molar-refractivity contribution in [3.05, 3.63) is 45.7 Å². The highest BCUT2D eigenvalue weighted by Crippen LogP contribution is 2.24. The number of anilines is 1. The lowest BCUT2D eigenvalue weighted by molar-refractivity contribution is -0.116. The average Bonchev–Trinajstić information content (AvgIpc) is 2.79. The fourth-order valence-corrected chi connectivity index (χ4v) is 2.66. The van der Waals surface area contributed by atoms with Gasteiger partial charge in [-0.25, -0.2) is 4.79 Å². The minimum absolute atomic E-state index is 0.179. The molecule has 1 aromatic heterocycles. The third-order valence-electron chi connectivity index (χ3n) is 3.92. The van der Waals surface area contributed by atoms with Crippen molar-refractivity contribution in [1.29, 1.82) is 0 Å². The first kappa shape index (κ1) is 18.0. The van der Waals surface area contributed by atoms with Gasteiger partial charge in [0.15, 0.2) is 0 Å². The van der Waals surface area contributed by atoms with E-state index in [2.05, 4.69) is 15.2 Å². The fourth-order valence-electron chi connectivity index (χ4n) is 2.50. The molecule has 0 bridgehead atoms. The summed E-state index contributed by atoms with van der Waals surface area (Å²) >= 11 is 6.08. The van der Waals surface area contributed by atoms with Gasteiger partial charge >= 0.3 is 5.97 Å². The first-order chi connectivity index (χ1) is 11.3. The predicted molar refractivity (Wildman–Crippen MR) is 92.4 cm³/mol. The summed E-state index contributed by atoms with van der Waals surface area (Å²) in [5.41, 5.74) is 3.77. The molecule has 128 valence electrons. The second-order valence-corrected chi connectivity index (χ2v) is 5.91. The Morgan fingerprint density at radius 1 is 1.33 bits per heavy atom. The normalized spacial score (nSPS) is 10.5. The summed E-state index contributed by atoms with van der Waals surface area (Å²) in [4.78, 5) is 23.8. The number of aryl methyl sites for hydroxylation is 2. The van der Waals surface area contributed by atoms with Gasteiger partial charge in [0, 0.05) is 19.2 Å². The van der Waals surface area contributed by atoms with E-state index >= 15 is 0 Å². The molecule has 0 radical (unpaired) electrons. The summed E-state index contributed by atoms with van der Waals surface area (Å²) in [6.45, 7) is 3.90. The van der Waals surface area contributed by atoms with Crippen LogP contribution < -0.4 is 5.32 Å². The second kappa shape index (κ2) is 7.49. The van der Waals surface area contributed by atoms with Gasteiger partial charge < -0.3 is 10.1 Å². The molecule has 1 aromatic carbocycles. The predicted octanol–water partition coefficient (Wildman–Crippen LogP) is 3.05. The van der Waals surface area contributed by atoms with Gasteiger partial charge in [-0.3, -0.25) is 9.48 Å². The van der Waals surface area contributed by atoms with Crippen LogP contribution in [0.4, 0.5) is 5.69 Å². The first-order valence-corrected chi connectivity index (χ1v) is 7.88. The number of carbonyl (C=O) groups excluding carboxylic acids is 2. The summed E-state index contributed by atoms with van der Waals surface area (Å²) in [6, 6.07) is 4.61. The Labute approximate surface area is 145 Å². The van der Waals surface area contributed by atoms with E-state index in [1.54, 1.807) is 16.8 Å². The zero-order valence-corrected chi connectivity index (χ0v) is 14.9. The van der Waals surface area contributed by atoms with Crippen LogP contribution in [0, 0.1) is 13.8 Å². The molecule has 1 amide bonds. The van der Waals surface area contributed by atoms with Crippen LogP contribution in [0.15, 0.2) is 18.2 Å². The number of nitrogens with zero attached hydrogens (tertiary/aromatic N) is 2. The topological polar surface area (TPSA) is 73.2 Å². The molecule has 1 heterocycles. The van der Waals surface area contributed by atoms with Crippen LogP contribution in [0.3, 0.4) is 0 Å². The van der Waals surface area contributed by atoms with E-state index in [0.29, 0.717) is 29.1 Å². The minimum atomic E-state index is -0.483. The molecule has 0 spiro atoms. The maximum absolute atomic E-state index is 12.2. The number of esters is 1. The van der Waals surface area contributed by atoms with Crippen LogP contribution in [-0.4, -0.2) is 28.8 Å². The van der Waals surface area contributed by atoms with Crippen LogP contribution in [-0.2, 0) is 23.0 Å². The summed E-state index contributed by atoms with van der Waals surface area (Å²) in [7, 11) is 3.18. The summed E-state index contributed by atoms with van der Waals surface area (Å²) < 4.78 is 6.47. The molecule has 1 N–H and O–H groups in total. The quantitative estimate of drug-likeness (QED) is 0.842. The van der Waals surface area contributed by atoms with Crippen LogP contribution in [0.5, 0.6) is 0 Å². The number of hydrogen-bond acceptors (Lipinski definition) is 4. The third kappa shape index (κ3) is 3.94. The molecular weight excluding hydrogens is 330 g/mol. The lowest BCUT2D eigenvalue weighted by Gasteiger charge is -2.09. The first-order valence-electron chi connectivity index (χ1n) is 7.50. The zero-order chi connectivity index (χ0) is 17.9. The monoisotopic (exact) mass is 349 g/mol. The lowest BCUT2D eigenvalue weighted by Crippen LogP contribution is -2.14. The molecule has 24 heavy (non-hydrogen) atoms. The molecule has 0 saturated heterocycles. The Balaban J connectivity index is 2.06. The van der Waals surface area contributed by atoms with Gasteiger partial charge in [-0.05, 0) is 44.0 Å². The van der Waals surface area contributed by atoms with Gasteiger partial charge in [0.25, 0.3) is 0 Å². The molecule has 0 unspecified atom stereocenters. The fraction of sp³-hybridized carbons (Fsp3) is 0.353. The molecule has 2 aromatic rings. The van der Waals surface area contributed by atoms with E-state index < -0.39 is 5.97 Å². The van der Waals surface area contributed by atoms with Crippen molar-refractivity contribution in [2.45, 2.75) is 26.7 Å². The molecule has 0 fully saturated rings. The summed E-state index contributed by atoms with van der Waals surface area (Å²) in [6.07, 6.45) is 0.887. The highest BCUT2D eigenvalue weighted by atomic mass is 35.5. The van der Waals surface area contributed by atoms with E-state index in [0.717, 1.165) is 17.0 Å². The smallest absolute Gasteiger partial charge is 0.337 e. The molecule has 0 aliphatic heterocycles. The Kier molecular flexibility index (Phi) is 5.62. The molecule has 0 aliphatic rings. The molecule has 7 heteroatoms. The molecular formula is C17H20ClN3O3. The number of amides is 1. The average molecular weight is 350 g/mol. The van der Waals surface area contributed by atoms with Crippen LogP contribution >= 0.6 is 11.6 Å². The SMILES string of the molecule is COC(=O)c1ccc(Cl)c(NC(=O)CCc2c(C)nn(C)c2C)c1. The highest BCUT2D eigenvalue weighted by Gasteiger charge is 2.14. The standard InChI is InChI=1S/C17H20ClN3O3/c1-10-13(11(2)21(3)20-10)6-8-16(22)19-15-9-12(17(23)24-4)5-7-14(15)18/h5,7,9H,6,8H2,1-4H3,(H,19,22). The van der Waals surface area contributed by atoms with Gasteiger partial charge in [0.05, 0.1) is 29.1 Å². The van der Waals surface area contributed by atoms with Crippen molar-refractivity contribution in [1.82, 2.24) is 9.78 Å². The number of rotatable bonds is 5. The lowest BCUT2D eigenvalue weighted by atomic mass is 10.1. The van der Waals surface area contributed by atoms with Crippen molar-refractivity contribution >= 4 is 29.2 Å². The number of hydrogen-bond donors (Lipinski definition) is 1. The van der Waals surface area contributed by atoms with Gasteiger partial charge in [-0.15, -0.1) is 0 Å². The molecule has 6 nitrogen and oxygen atoms in total. The number of benzene rings is 1. The van der Waals surface area contributed by atoms with Crippen molar-refractivity contribution in [3.8, 4) is 0 Å². The highest BCUT2D eigenvalue weighted by molar-refractivity contribution is 6.33. The van der Waals surface area contributed by atoms with Gasteiger partial charge in [0.2, 0.25) is 5.91 Å². The minimum Gasteiger partial charge on any atom is -0.465 e. The summed E-state index contributed by atoms with van der Waals surface area (Å²) in [5, 5.41) is 7.44. The van der Waals surface area contributed by atoms with Crippen LogP contribution in [0.1, 0.15) is 33.7 Å². The number of carbonyl (C=O) groups is 2. The maximum Gasteiger partial charge on any atom is 0.337 e. The number of aromatic nitrogens is 2. The number of methoxy groups -OCH3 is 1. The van der Waals surface area contributed by atoms with E-state index in [-0.39, 0.29) is 5.91 Å². The molecule has 2 rings (SSSR count). The Morgan fingerprint density at radius 3 is 2.62 bits per heavy atom.